The standard InChI is InChI=1S/C22H14Cl2N2O/c23-16-12-10-15(11-13-16)14-20-22(27)26(17-6-2-1-3-7-17)21(25-20)18-8-4-5-9-19(18)24/h1-14H/b20-14+. The Labute approximate surface area is 167 Å². The van der Waals surface area contributed by atoms with Crippen LogP contribution in [0, 0.1) is 0 Å². The lowest BCUT2D eigenvalue weighted by Crippen LogP contribution is -2.32. The molecule has 3 nitrogen and oxygen atoms in total. The van der Waals surface area contributed by atoms with Crippen LogP contribution in [0.2, 0.25) is 10.0 Å². The fourth-order valence-electron chi connectivity index (χ4n) is 2.87. The second-order valence-corrected chi connectivity index (χ2v) is 6.82. The molecule has 0 saturated carbocycles. The summed E-state index contributed by atoms with van der Waals surface area (Å²) in [4.78, 5) is 19.3. The zero-order valence-electron chi connectivity index (χ0n) is 14.1. The lowest BCUT2D eigenvalue weighted by molar-refractivity contribution is -0.113. The number of rotatable bonds is 3. The van der Waals surface area contributed by atoms with Gasteiger partial charge in [0.2, 0.25) is 0 Å². The molecule has 1 aliphatic heterocycles. The minimum absolute atomic E-state index is 0.203. The molecule has 3 aromatic carbocycles. The van der Waals surface area contributed by atoms with E-state index in [2.05, 4.69) is 4.99 Å². The number of halogens is 2. The molecule has 4 rings (SSSR count). The number of hydrogen-bond acceptors (Lipinski definition) is 2. The number of aliphatic imine (C=N–C) groups is 1. The topological polar surface area (TPSA) is 32.7 Å². The van der Waals surface area contributed by atoms with E-state index < -0.39 is 0 Å². The van der Waals surface area contributed by atoms with Crippen molar-refractivity contribution in [2.45, 2.75) is 0 Å². The first-order valence-electron chi connectivity index (χ1n) is 8.34. The van der Waals surface area contributed by atoms with Crippen molar-refractivity contribution in [2.75, 3.05) is 4.90 Å². The highest BCUT2D eigenvalue weighted by molar-refractivity contribution is 6.39. The van der Waals surface area contributed by atoms with E-state index in [1.165, 1.54) is 0 Å². The summed E-state index contributed by atoms with van der Waals surface area (Å²) < 4.78 is 0. The molecule has 0 bridgehead atoms. The first-order valence-corrected chi connectivity index (χ1v) is 9.09. The van der Waals surface area contributed by atoms with Crippen molar-refractivity contribution >= 4 is 46.7 Å². The summed E-state index contributed by atoms with van der Waals surface area (Å²) in [7, 11) is 0. The molecule has 1 heterocycles. The van der Waals surface area contributed by atoms with Crippen LogP contribution in [0.5, 0.6) is 0 Å². The van der Waals surface area contributed by atoms with Crippen molar-refractivity contribution in [3.8, 4) is 0 Å². The molecule has 0 radical (unpaired) electrons. The quantitative estimate of drug-likeness (QED) is 0.516. The van der Waals surface area contributed by atoms with Crippen molar-refractivity contribution in [3.63, 3.8) is 0 Å². The summed E-state index contributed by atoms with van der Waals surface area (Å²) >= 11 is 12.3. The van der Waals surface area contributed by atoms with Gasteiger partial charge >= 0.3 is 0 Å². The number of amidine groups is 1. The summed E-state index contributed by atoms with van der Waals surface area (Å²) in [6.45, 7) is 0. The Bertz CT molecular complexity index is 1060. The van der Waals surface area contributed by atoms with Gasteiger partial charge in [0.1, 0.15) is 11.5 Å². The third-order valence-corrected chi connectivity index (χ3v) is 4.74. The average molecular weight is 393 g/mol. The fourth-order valence-corrected chi connectivity index (χ4v) is 3.22. The normalized spacial score (nSPS) is 15.3. The van der Waals surface area contributed by atoms with Crippen LogP contribution in [0.1, 0.15) is 11.1 Å². The predicted molar refractivity (Wildman–Crippen MR) is 111 cm³/mol. The molecule has 27 heavy (non-hydrogen) atoms. The maximum absolute atomic E-state index is 13.1. The zero-order valence-corrected chi connectivity index (χ0v) is 15.7. The summed E-state index contributed by atoms with van der Waals surface area (Å²) in [5, 5.41) is 1.18. The van der Waals surface area contributed by atoms with Gasteiger partial charge in [0.25, 0.3) is 5.91 Å². The first kappa shape index (κ1) is 17.5. The van der Waals surface area contributed by atoms with Gasteiger partial charge in [-0.05, 0) is 48.0 Å². The SMILES string of the molecule is O=C1/C(=C\c2ccc(Cl)cc2)N=C(c2ccccc2Cl)N1c1ccccc1. The van der Waals surface area contributed by atoms with Crippen molar-refractivity contribution in [1.82, 2.24) is 0 Å². The smallest absolute Gasteiger partial charge is 0.266 e. The van der Waals surface area contributed by atoms with E-state index in [0.29, 0.717) is 27.1 Å². The third kappa shape index (κ3) is 3.52. The Morgan fingerprint density at radius 2 is 1.48 bits per heavy atom. The van der Waals surface area contributed by atoms with E-state index >= 15 is 0 Å². The van der Waals surface area contributed by atoms with Crippen molar-refractivity contribution in [3.05, 3.63) is 106 Å². The van der Waals surface area contributed by atoms with Gasteiger partial charge in [-0.15, -0.1) is 0 Å². The monoisotopic (exact) mass is 392 g/mol. The highest BCUT2D eigenvalue weighted by atomic mass is 35.5. The van der Waals surface area contributed by atoms with Crippen molar-refractivity contribution < 1.29 is 4.79 Å². The van der Waals surface area contributed by atoms with Gasteiger partial charge < -0.3 is 0 Å². The number of para-hydroxylation sites is 1. The van der Waals surface area contributed by atoms with Crippen LogP contribution >= 0.6 is 23.2 Å². The Hall–Kier alpha value is -2.88. The maximum Gasteiger partial charge on any atom is 0.282 e. The molecular formula is C22H14Cl2N2O. The van der Waals surface area contributed by atoms with Gasteiger partial charge in [-0.2, -0.15) is 0 Å². The molecule has 0 spiro atoms. The average Bonchev–Trinajstić information content (AvgIpc) is 3.01. The third-order valence-electron chi connectivity index (χ3n) is 4.16. The first-order chi connectivity index (χ1) is 13.1. The largest absolute Gasteiger partial charge is 0.282 e. The van der Waals surface area contributed by atoms with E-state index in [0.717, 1.165) is 11.3 Å². The van der Waals surface area contributed by atoms with Gasteiger partial charge in [0.05, 0.1) is 10.7 Å². The molecule has 0 fully saturated rings. The van der Waals surface area contributed by atoms with Gasteiger partial charge in [-0.25, -0.2) is 4.99 Å². The zero-order chi connectivity index (χ0) is 18.8. The number of benzene rings is 3. The van der Waals surface area contributed by atoms with E-state index in [1.807, 2.05) is 60.7 Å². The van der Waals surface area contributed by atoms with Gasteiger partial charge in [0.15, 0.2) is 0 Å². The lowest BCUT2D eigenvalue weighted by Gasteiger charge is -2.19. The van der Waals surface area contributed by atoms with E-state index in [4.69, 9.17) is 23.2 Å². The molecule has 0 unspecified atom stereocenters. The Morgan fingerprint density at radius 3 is 2.19 bits per heavy atom. The lowest BCUT2D eigenvalue weighted by atomic mass is 10.1. The van der Waals surface area contributed by atoms with Crippen LogP contribution in [-0.2, 0) is 4.79 Å². The molecule has 0 aromatic heterocycles. The van der Waals surface area contributed by atoms with E-state index in [9.17, 15) is 4.79 Å². The molecule has 0 atom stereocenters. The number of amides is 1. The molecule has 0 saturated heterocycles. The molecule has 0 N–H and O–H groups in total. The number of carbonyl (C=O) groups excluding carboxylic acids is 1. The van der Waals surface area contributed by atoms with Crippen LogP contribution in [-0.4, -0.2) is 11.7 Å². The Morgan fingerprint density at radius 1 is 0.815 bits per heavy atom. The molecule has 1 amide bonds. The van der Waals surface area contributed by atoms with Gasteiger partial charge in [-0.1, -0.05) is 65.7 Å². The maximum atomic E-state index is 13.1. The fraction of sp³-hybridized carbons (Fsp3) is 0. The van der Waals surface area contributed by atoms with Crippen LogP contribution < -0.4 is 4.90 Å². The van der Waals surface area contributed by atoms with Crippen LogP contribution in [0.25, 0.3) is 6.08 Å². The summed E-state index contributed by atoms with van der Waals surface area (Å²) in [5.74, 6) is 0.308. The molecule has 132 valence electrons. The molecule has 5 heteroatoms. The van der Waals surface area contributed by atoms with Gasteiger partial charge in [0, 0.05) is 10.6 Å². The summed E-state index contributed by atoms with van der Waals surface area (Å²) in [5.41, 5.74) is 2.63. The van der Waals surface area contributed by atoms with Gasteiger partial charge in [-0.3, -0.25) is 9.69 Å². The highest BCUT2D eigenvalue weighted by Crippen LogP contribution is 2.30. The molecular weight excluding hydrogens is 379 g/mol. The van der Waals surface area contributed by atoms with Crippen LogP contribution in [0.15, 0.2) is 89.6 Å². The van der Waals surface area contributed by atoms with Crippen molar-refractivity contribution in [2.24, 2.45) is 4.99 Å². The summed E-state index contributed by atoms with van der Waals surface area (Å²) in [6, 6.07) is 24.0. The van der Waals surface area contributed by atoms with E-state index in [-0.39, 0.29) is 5.91 Å². The second-order valence-electron chi connectivity index (χ2n) is 5.97. The predicted octanol–water partition coefficient (Wildman–Crippen LogP) is 5.83. The highest BCUT2D eigenvalue weighted by Gasteiger charge is 2.33. The number of carbonyl (C=O) groups is 1. The minimum atomic E-state index is -0.203. The number of anilines is 1. The number of nitrogens with zero attached hydrogens (tertiary/aromatic N) is 2. The number of hydrogen-bond donors (Lipinski definition) is 0. The summed E-state index contributed by atoms with van der Waals surface area (Å²) in [6.07, 6.45) is 1.75. The Balaban J connectivity index is 1.84. The van der Waals surface area contributed by atoms with Crippen LogP contribution in [0.4, 0.5) is 5.69 Å². The molecule has 0 aliphatic carbocycles. The molecule has 1 aliphatic rings. The minimum Gasteiger partial charge on any atom is -0.266 e. The van der Waals surface area contributed by atoms with Crippen LogP contribution in [0.3, 0.4) is 0 Å². The second kappa shape index (κ2) is 7.39. The van der Waals surface area contributed by atoms with Crippen molar-refractivity contribution in [1.29, 1.82) is 0 Å². The molecule has 3 aromatic rings. The van der Waals surface area contributed by atoms with E-state index in [1.54, 1.807) is 29.2 Å². The Kier molecular flexibility index (Phi) is 4.80.